The highest BCUT2D eigenvalue weighted by atomic mass is 35.5. The second kappa shape index (κ2) is 7.97. The lowest BCUT2D eigenvalue weighted by atomic mass is 10.1. The third-order valence-electron chi connectivity index (χ3n) is 3.08. The summed E-state index contributed by atoms with van der Waals surface area (Å²) in [4.78, 5) is 11.6. The van der Waals surface area contributed by atoms with E-state index < -0.39 is 0 Å². The second-order valence-electron chi connectivity index (χ2n) is 5.03. The quantitative estimate of drug-likeness (QED) is 0.425. The molecule has 0 radical (unpaired) electrons. The highest BCUT2D eigenvalue weighted by Crippen LogP contribution is 2.22. The summed E-state index contributed by atoms with van der Waals surface area (Å²) in [6, 6.07) is 10.1. The van der Waals surface area contributed by atoms with E-state index in [-0.39, 0.29) is 24.5 Å². The minimum atomic E-state index is -0.133. The average molecular weight is 283 g/mol. The largest absolute Gasteiger partial charge is 1.00 e. The van der Waals surface area contributed by atoms with E-state index in [9.17, 15) is 4.79 Å². The van der Waals surface area contributed by atoms with Gasteiger partial charge in [0, 0.05) is 5.56 Å². The Morgan fingerprint density at radius 2 is 1.95 bits per heavy atom. The van der Waals surface area contributed by atoms with Gasteiger partial charge in [-0.1, -0.05) is 43.8 Å². The van der Waals surface area contributed by atoms with Gasteiger partial charge in [0.05, 0.1) is 20.6 Å². The SMILES string of the molecule is C=CC(=O)NC(c1ccccc1)[N+](C)(C)CCC.[Cl-]. The molecule has 0 aliphatic carbocycles. The number of hydrogen-bond donors (Lipinski definition) is 1. The average Bonchev–Trinajstić information content (AvgIpc) is 2.36. The predicted octanol–water partition coefficient (Wildman–Crippen LogP) is -0.522. The molecule has 0 saturated carbocycles. The van der Waals surface area contributed by atoms with Crippen LogP contribution in [0.15, 0.2) is 43.0 Å². The molecule has 0 spiro atoms. The van der Waals surface area contributed by atoms with Crippen LogP contribution in [0, 0.1) is 0 Å². The van der Waals surface area contributed by atoms with Gasteiger partial charge in [-0.15, -0.1) is 0 Å². The molecule has 0 heterocycles. The number of amides is 1. The van der Waals surface area contributed by atoms with Crippen LogP contribution in [0.1, 0.15) is 25.1 Å². The van der Waals surface area contributed by atoms with E-state index in [1.807, 2.05) is 30.3 Å². The van der Waals surface area contributed by atoms with Crippen molar-refractivity contribution in [1.29, 1.82) is 0 Å². The molecule has 0 bridgehead atoms. The number of hydrogen-bond acceptors (Lipinski definition) is 1. The Balaban J connectivity index is 0.00000324. The Bertz CT molecular complexity index is 404. The highest BCUT2D eigenvalue weighted by Gasteiger charge is 2.29. The summed E-state index contributed by atoms with van der Waals surface area (Å²) in [7, 11) is 4.26. The van der Waals surface area contributed by atoms with Crippen LogP contribution in [0.3, 0.4) is 0 Å². The molecular formula is C15H23ClN2O. The number of halogens is 1. The van der Waals surface area contributed by atoms with Crippen LogP contribution < -0.4 is 17.7 Å². The second-order valence-corrected chi connectivity index (χ2v) is 5.03. The lowest BCUT2D eigenvalue weighted by Crippen LogP contribution is -3.00. The van der Waals surface area contributed by atoms with E-state index in [1.54, 1.807) is 0 Å². The lowest BCUT2D eigenvalue weighted by Gasteiger charge is -2.38. The normalized spacial score (nSPS) is 12.2. The van der Waals surface area contributed by atoms with Crippen molar-refractivity contribution < 1.29 is 21.7 Å². The van der Waals surface area contributed by atoms with E-state index in [4.69, 9.17) is 0 Å². The zero-order chi connectivity index (χ0) is 13.6. The van der Waals surface area contributed by atoms with Crippen LogP contribution in [0.5, 0.6) is 0 Å². The van der Waals surface area contributed by atoms with Gasteiger partial charge >= 0.3 is 0 Å². The van der Waals surface area contributed by atoms with Gasteiger partial charge < -0.3 is 16.9 Å². The third kappa shape index (κ3) is 5.05. The Hall–Kier alpha value is -1.32. The van der Waals surface area contributed by atoms with Crippen molar-refractivity contribution in [1.82, 2.24) is 5.32 Å². The molecule has 106 valence electrons. The summed E-state index contributed by atoms with van der Waals surface area (Å²) in [6.07, 6.45) is 2.35. The van der Waals surface area contributed by atoms with Crippen molar-refractivity contribution in [3.05, 3.63) is 48.6 Å². The maximum atomic E-state index is 11.6. The maximum absolute atomic E-state index is 11.6. The van der Waals surface area contributed by atoms with E-state index in [2.05, 4.69) is 32.9 Å². The van der Waals surface area contributed by atoms with E-state index >= 15 is 0 Å². The molecule has 1 N–H and O–H groups in total. The molecule has 0 aliphatic rings. The number of carbonyl (C=O) groups is 1. The molecular weight excluding hydrogens is 260 g/mol. The van der Waals surface area contributed by atoms with Crippen molar-refractivity contribution in [3.63, 3.8) is 0 Å². The number of nitrogens with one attached hydrogen (secondary N) is 1. The van der Waals surface area contributed by atoms with Gasteiger partial charge in [-0.05, 0) is 12.5 Å². The first-order chi connectivity index (χ1) is 8.51. The predicted molar refractivity (Wildman–Crippen MR) is 74.8 cm³/mol. The molecule has 4 heteroatoms. The summed E-state index contributed by atoms with van der Waals surface area (Å²) >= 11 is 0. The monoisotopic (exact) mass is 282 g/mol. The zero-order valence-electron chi connectivity index (χ0n) is 11.9. The number of quaternary nitrogens is 1. The van der Waals surface area contributed by atoms with E-state index in [0.717, 1.165) is 23.0 Å². The maximum Gasteiger partial charge on any atom is 0.248 e. The number of benzene rings is 1. The smallest absolute Gasteiger partial charge is 0.248 e. The molecule has 1 unspecified atom stereocenters. The Kier molecular flexibility index (Phi) is 7.42. The van der Waals surface area contributed by atoms with Crippen molar-refractivity contribution in [2.24, 2.45) is 0 Å². The molecule has 0 aromatic heterocycles. The first-order valence-electron chi connectivity index (χ1n) is 6.32. The molecule has 19 heavy (non-hydrogen) atoms. The van der Waals surface area contributed by atoms with Gasteiger partial charge in [0.1, 0.15) is 0 Å². The number of nitrogens with zero attached hydrogens (tertiary/aromatic N) is 1. The first-order valence-corrected chi connectivity index (χ1v) is 6.32. The van der Waals surface area contributed by atoms with E-state index in [1.165, 1.54) is 6.08 Å². The molecule has 1 amide bonds. The fourth-order valence-electron chi connectivity index (χ4n) is 2.20. The van der Waals surface area contributed by atoms with Gasteiger partial charge in [0.2, 0.25) is 5.91 Å². The standard InChI is InChI=1S/C15H22N2O.ClH/c1-5-12-17(3,4)15(16-14(18)6-2)13-10-8-7-9-11-13;/h6-11,15H,2,5,12H2,1,3-4H3;1H. The molecule has 0 aliphatic heterocycles. The molecule has 1 atom stereocenters. The van der Waals surface area contributed by atoms with Gasteiger partial charge in [-0.25, -0.2) is 0 Å². The van der Waals surface area contributed by atoms with Crippen LogP contribution in [0.25, 0.3) is 0 Å². The van der Waals surface area contributed by atoms with Crippen molar-refractivity contribution in [3.8, 4) is 0 Å². The minimum Gasteiger partial charge on any atom is -1.00 e. The van der Waals surface area contributed by atoms with Crippen molar-refractivity contribution in [2.75, 3.05) is 20.6 Å². The Morgan fingerprint density at radius 3 is 2.42 bits per heavy atom. The molecule has 0 saturated heterocycles. The summed E-state index contributed by atoms with van der Waals surface area (Å²) < 4.78 is 0.722. The van der Waals surface area contributed by atoms with Crippen LogP contribution in [-0.4, -0.2) is 31.0 Å². The van der Waals surface area contributed by atoms with Crippen molar-refractivity contribution in [2.45, 2.75) is 19.5 Å². The van der Waals surface area contributed by atoms with Gasteiger partial charge in [0.25, 0.3) is 0 Å². The fraction of sp³-hybridized carbons (Fsp3) is 0.400. The Labute approximate surface area is 122 Å². The highest BCUT2D eigenvalue weighted by molar-refractivity contribution is 5.87. The van der Waals surface area contributed by atoms with Crippen molar-refractivity contribution >= 4 is 5.91 Å². The molecule has 1 rings (SSSR count). The molecule has 3 nitrogen and oxygen atoms in total. The van der Waals surface area contributed by atoms with Crippen LogP contribution in [0.4, 0.5) is 0 Å². The van der Waals surface area contributed by atoms with E-state index in [0.29, 0.717) is 0 Å². The van der Waals surface area contributed by atoms with Gasteiger partial charge in [0.15, 0.2) is 6.17 Å². The first kappa shape index (κ1) is 17.7. The summed E-state index contributed by atoms with van der Waals surface area (Å²) in [5, 5.41) is 3.02. The summed E-state index contributed by atoms with van der Waals surface area (Å²) in [6.45, 7) is 6.66. The summed E-state index contributed by atoms with van der Waals surface area (Å²) in [5.41, 5.74) is 1.12. The molecule has 0 fully saturated rings. The van der Waals surface area contributed by atoms with Gasteiger partial charge in [-0.3, -0.25) is 10.1 Å². The number of carbonyl (C=O) groups excluding carboxylic acids is 1. The number of rotatable bonds is 6. The summed E-state index contributed by atoms with van der Waals surface area (Å²) in [5.74, 6) is -0.133. The fourth-order valence-corrected chi connectivity index (χ4v) is 2.20. The minimum absolute atomic E-state index is 0. The molecule has 1 aromatic rings. The zero-order valence-corrected chi connectivity index (χ0v) is 12.7. The Morgan fingerprint density at radius 1 is 1.37 bits per heavy atom. The third-order valence-corrected chi connectivity index (χ3v) is 3.08. The molecule has 1 aromatic carbocycles. The van der Waals surface area contributed by atoms with Crippen LogP contribution >= 0.6 is 0 Å². The van der Waals surface area contributed by atoms with Gasteiger partial charge in [-0.2, -0.15) is 0 Å². The lowest BCUT2D eigenvalue weighted by molar-refractivity contribution is -0.923. The van der Waals surface area contributed by atoms with Crippen LogP contribution in [-0.2, 0) is 4.79 Å². The topological polar surface area (TPSA) is 29.1 Å². The van der Waals surface area contributed by atoms with Crippen LogP contribution in [0.2, 0.25) is 0 Å².